The Bertz CT molecular complexity index is 1080. The molecule has 1 aliphatic heterocycles. The molecule has 3 aromatic rings. The number of piperidine rings is 1. The summed E-state index contributed by atoms with van der Waals surface area (Å²) in [6, 6.07) is 11.6. The van der Waals surface area contributed by atoms with Gasteiger partial charge in [0.15, 0.2) is 5.65 Å². The molecule has 0 bridgehead atoms. The Morgan fingerprint density at radius 1 is 1.10 bits per heavy atom. The summed E-state index contributed by atoms with van der Waals surface area (Å²) >= 11 is 0. The Labute approximate surface area is 181 Å². The number of anilines is 1. The molecule has 1 fully saturated rings. The van der Waals surface area contributed by atoms with Crippen molar-refractivity contribution in [3.05, 3.63) is 59.5 Å². The Hall–Kier alpha value is -3.26. The maximum atomic E-state index is 12.3. The molecule has 2 N–H and O–H groups in total. The number of carbonyl (C=O) groups is 2. The maximum Gasteiger partial charge on any atom is 0.313 e. The number of likely N-dealkylation sites (tertiary alicyclic amines) is 1. The Morgan fingerprint density at radius 3 is 2.68 bits per heavy atom. The predicted molar refractivity (Wildman–Crippen MR) is 118 cm³/mol. The molecule has 8 nitrogen and oxygen atoms in total. The molecule has 1 aliphatic rings. The summed E-state index contributed by atoms with van der Waals surface area (Å²) in [5.74, 6) is 0.0598. The van der Waals surface area contributed by atoms with E-state index in [4.69, 9.17) is 0 Å². The molecule has 2 amide bonds. The predicted octanol–water partition coefficient (Wildman–Crippen LogP) is 2.52. The van der Waals surface area contributed by atoms with Gasteiger partial charge in [-0.2, -0.15) is 5.10 Å². The van der Waals surface area contributed by atoms with Gasteiger partial charge < -0.3 is 10.6 Å². The first kappa shape index (κ1) is 21.0. The number of pyridine rings is 1. The van der Waals surface area contributed by atoms with Crippen molar-refractivity contribution in [3.8, 4) is 0 Å². The Morgan fingerprint density at radius 2 is 1.87 bits per heavy atom. The largest absolute Gasteiger partial charge is 0.344 e. The van der Waals surface area contributed by atoms with Gasteiger partial charge in [0.05, 0.1) is 11.9 Å². The molecule has 8 heteroatoms. The number of fused-ring (bicyclic) bond motifs is 1. The summed E-state index contributed by atoms with van der Waals surface area (Å²) in [4.78, 5) is 31.2. The third-order valence-electron chi connectivity index (χ3n) is 5.63. The number of benzene rings is 1. The Kier molecular flexibility index (Phi) is 6.27. The molecule has 3 heterocycles. The van der Waals surface area contributed by atoms with Gasteiger partial charge >= 0.3 is 11.8 Å². The van der Waals surface area contributed by atoms with Crippen molar-refractivity contribution in [2.45, 2.75) is 39.8 Å². The number of carbonyl (C=O) groups excluding carboxylic acids is 2. The minimum atomic E-state index is -0.713. The van der Waals surface area contributed by atoms with Crippen molar-refractivity contribution >= 4 is 23.1 Å². The third-order valence-corrected chi connectivity index (χ3v) is 5.63. The lowest BCUT2D eigenvalue weighted by Crippen LogP contribution is -2.35. The van der Waals surface area contributed by atoms with Crippen LogP contribution in [0.15, 0.2) is 42.6 Å². The first-order valence-electron chi connectivity index (χ1n) is 10.7. The van der Waals surface area contributed by atoms with Crippen LogP contribution in [-0.4, -0.2) is 44.4 Å². The molecule has 0 aliphatic carbocycles. The first-order chi connectivity index (χ1) is 15.0. The molecule has 1 aromatic carbocycles. The number of nitrogens with zero attached hydrogens (tertiary/aromatic N) is 4. The van der Waals surface area contributed by atoms with Gasteiger partial charge in [0.1, 0.15) is 5.82 Å². The van der Waals surface area contributed by atoms with Crippen molar-refractivity contribution in [1.29, 1.82) is 0 Å². The van der Waals surface area contributed by atoms with Gasteiger partial charge in [-0.3, -0.25) is 14.5 Å². The number of nitrogens with one attached hydrogen (secondary N) is 2. The zero-order valence-electron chi connectivity index (χ0n) is 18.0. The monoisotopic (exact) mass is 420 g/mol. The van der Waals surface area contributed by atoms with Crippen molar-refractivity contribution in [3.63, 3.8) is 0 Å². The minimum absolute atomic E-state index is 0.304. The highest BCUT2D eigenvalue weighted by Gasteiger charge is 2.16. The van der Waals surface area contributed by atoms with Gasteiger partial charge in [-0.15, -0.1) is 0 Å². The summed E-state index contributed by atoms with van der Waals surface area (Å²) in [7, 11) is 0. The van der Waals surface area contributed by atoms with Crippen molar-refractivity contribution in [2.24, 2.45) is 5.92 Å². The van der Waals surface area contributed by atoms with Crippen LogP contribution >= 0.6 is 0 Å². The molecule has 4 rings (SSSR count). The average Bonchev–Trinajstić information content (AvgIpc) is 3.13. The highest BCUT2D eigenvalue weighted by Crippen LogP contribution is 2.18. The van der Waals surface area contributed by atoms with Crippen LogP contribution < -0.4 is 10.6 Å². The van der Waals surface area contributed by atoms with E-state index in [1.54, 1.807) is 29.8 Å². The van der Waals surface area contributed by atoms with E-state index in [1.807, 2.05) is 12.1 Å². The Balaban J connectivity index is 1.29. The fourth-order valence-corrected chi connectivity index (χ4v) is 3.84. The molecule has 0 spiro atoms. The van der Waals surface area contributed by atoms with Crippen LogP contribution in [-0.2, 0) is 22.7 Å². The van der Waals surface area contributed by atoms with E-state index in [0.29, 0.717) is 23.7 Å². The van der Waals surface area contributed by atoms with E-state index in [1.165, 1.54) is 18.4 Å². The molecule has 0 radical (unpaired) electrons. The van der Waals surface area contributed by atoms with Crippen molar-refractivity contribution in [1.82, 2.24) is 24.8 Å². The highest BCUT2D eigenvalue weighted by atomic mass is 16.2. The number of rotatable bonds is 5. The summed E-state index contributed by atoms with van der Waals surface area (Å²) in [5.41, 5.74) is 3.36. The number of hydrogen-bond donors (Lipinski definition) is 2. The summed E-state index contributed by atoms with van der Waals surface area (Å²) in [6.45, 7) is 7.58. The average molecular weight is 421 g/mol. The van der Waals surface area contributed by atoms with Gasteiger partial charge in [0.2, 0.25) is 0 Å². The molecular weight excluding hydrogens is 392 g/mol. The molecule has 0 atom stereocenters. The van der Waals surface area contributed by atoms with Crippen molar-refractivity contribution < 1.29 is 9.59 Å². The van der Waals surface area contributed by atoms with Crippen LogP contribution in [0.5, 0.6) is 0 Å². The van der Waals surface area contributed by atoms with Crippen LogP contribution in [0.4, 0.5) is 5.69 Å². The SMILES string of the molecule is Cc1nc2ccc(NC(=O)C(=O)NCc3cccc(CN4CCC(C)CC4)c3)cn2n1. The normalized spacial score (nSPS) is 15.2. The van der Waals surface area contributed by atoms with Crippen LogP contribution in [0.1, 0.15) is 36.7 Å². The molecular formula is C23H28N6O2. The first-order valence-corrected chi connectivity index (χ1v) is 10.7. The fraction of sp³-hybridized carbons (Fsp3) is 0.391. The minimum Gasteiger partial charge on any atom is -0.344 e. The van der Waals surface area contributed by atoms with Crippen LogP contribution in [0, 0.1) is 12.8 Å². The quantitative estimate of drug-likeness (QED) is 0.619. The maximum absolute atomic E-state index is 12.3. The second-order valence-corrected chi connectivity index (χ2v) is 8.29. The second kappa shape index (κ2) is 9.26. The van der Waals surface area contributed by atoms with Crippen LogP contribution in [0.2, 0.25) is 0 Å². The van der Waals surface area contributed by atoms with E-state index in [-0.39, 0.29) is 0 Å². The van der Waals surface area contributed by atoms with Gasteiger partial charge in [0.25, 0.3) is 0 Å². The molecule has 0 unspecified atom stereocenters. The van der Waals surface area contributed by atoms with E-state index >= 15 is 0 Å². The van der Waals surface area contributed by atoms with Gasteiger partial charge in [-0.05, 0) is 62.0 Å². The molecule has 162 valence electrons. The van der Waals surface area contributed by atoms with E-state index in [9.17, 15) is 9.59 Å². The molecule has 1 saturated heterocycles. The lowest BCUT2D eigenvalue weighted by Gasteiger charge is -2.30. The fourth-order valence-electron chi connectivity index (χ4n) is 3.84. The third kappa shape index (κ3) is 5.46. The zero-order chi connectivity index (χ0) is 21.8. The molecule has 0 saturated carbocycles. The number of aromatic nitrogens is 3. The van der Waals surface area contributed by atoms with Crippen molar-refractivity contribution in [2.75, 3.05) is 18.4 Å². The number of amides is 2. The lowest BCUT2D eigenvalue weighted by atomic mass is 9.98. The second-order valence-electron chi connectivity index (χ2n) is 8.29. The van der Waals surface area contributed by atoms with Gasteiger partial charge in [-0.1, -0.05) is 31.2 Å². The van der Waals surface area contributed by atoms with Gasteiger partial charge in [-0.25, -0.2) is 9.50 Å². The number of hydrogen-bond acceptors (Lipinski definition) is 5. The topological polar surface area (TPSA) is 91.6 Å². The molecule has 2 aromatic heterocycles. The van der Waals surface area contributed by atoms with E-state index in [0.717, 1.165) is 31.1 Å². The van der Waals surface area contributed by atoms with Crippen LogP contribution in [0.25, 0.3) is 5.65 Å². The van der Waals surface area contributed by atoms with E-state index in [2.05, 4.69) is 44.7 Å². The highest BCUT2D eigenvalue weighted by molar-refractivity contribution is 6.39. The summed E-state index contributed by atoms with van der Waals surface area (Å²) < 4.78 is 1.57. The van der Waals surface area contributed by atoms with Gasteiger partial charge in [0, 0.05) is 13.1 Å². The number of aryl methyl sites for hydroxylation is 1. The lowest BCUT2D eigenvalue weighted by molar-refractivity contribution is -0.136. The smallest absolute Gasteiger partial charge is 0.313 e. The summed E-state index contributed by atoms with van der Waals surface area (Å²) in [5, 5.41) is 9.51. The zero-order valence-corrected chi connectivity index (χ0v) is 18.0. The summed E-state index contributed by atoms with van der Waals surface area (Å²) in [6.07, 6.45) is 4.12. The van der Waals surface area contributed by atoms with E-state index < -0.39 is 11.8 Å². The molecule has 31 heavy (non-hydrogen) atoms. The standard InChI is InChI=1S/C23H28N6O2/c1-16-8-10-28(11-9-16)14-19-5-3-4-18(12-19)13-24-22(30)23(31)26-20-6-7-21-25-17(2)27-29(21)15-20/h3-7,12,15-16H,8-11,13-14H2,1-2H3,(H,24,30)(H,26,31). The van der Waals surface area contributed by atoms with Crippen LogP contribution in [0.3, 0.4) is 0 Å².